The lowest BCUT2D eigenvalue weighted by molar-refractivity contribution is 0.137. The molecule has 1 aromatic rings. The van der Waals surface area contributed by atoms with Crippen molar-refractivity contribution in [2.45, 2.75) is 39.3 Å². The van der Waals surface area contributed by atoms with Crippen molar-refractivity contribution in [1.82, 2.24) is 4.90 Å². The van der Waals surface area contributed by atoms with E-state index in [0.717, 1.165) is 18.4 Å². The molecule has 0 aromatic heterocycles. The Hall–Kier alpha value is -1.13. The van der Waals surface area contributed by atoms with Crippen LogP contribution in [0.15, 0.2) is 18.2 Å². The first-order valence-electron chi connectivity index (χ1n) is 6.51. The van der Waals surface area contributed by atoms with E-state index in [1.54, 1.807) is 6.07 Å². The van der Waals surface area contributed by atoms with Crippen LogP contribution in [-0.4, -0.2) is 29.2 Å². The lowest BCUT2D eigenvalue weighted by Gasteiger charge is -2.30. The van der Waals surface area contributed by atoms with Crippen molar-refractivity contribution in [3.63, 3.8) is 0 Å². The highest BCUT2D eigenvalue weighted by molar-refractivity contribution is 5.46. The molecule has 0 saturated carbocycles. The van der Waals surface area contributed by atoms with E-state index in [1.165, 1.54) is 12.1 Å². The van der Waals surface area contributed by atoms with E-state index in [2.05, 4.69) is 18.7 Å². The predicted molar refractivity (Wildman–Crippen MR) is 72.7 cm³/mol. The van der Waals surface area contributed by atoms with Crippen LogP contribution in [0.4, 0.5) is 10.1 Å². The van der Waals surface area contributed by atoms with Crippen LogP contribution < -0.4 is 5.73 Å². The Balaban J connectivity index is 2.82. The summed E-state index contributed by atoms with van der Waals surface area (Å²) in [4.78, 5) is 2.20. The van der Waals surface area contributed by atoms with E-state index < -0.39 is 0 Å². The van der Waals surface area contributed by atoms with Crippen molar-refractivity contribution in [2.24, 2.45) is 0 Å². The van der Waals surface area contributed by atoms with Crippen molar-refractivity contribution in [1.29, 1.82) is 0 Å². The summed E-state index contributed by atoms with van der Waals surface area (Å²) in [5.41, 5.74) is 7.21. The van der Waals surface area contributed by atoms with Crippen LogP contribution in [0.2, 0.25) is 0 Å². The minimum absolute atomic E-state index is 0.123. The number of aliphatic hydroxyl groups excluding tert-OH is 1. The molecular formula is C14H23FN2O. The van der Waals surface area contributed by atoms with Gasteiger partial charge in [0.2, 0.25) is 0 Å². The summed E-state index contributed by atoms with van der Waals surface area (Å²) in [7, 11) is 0. The largest absolute Gasteiger partial charge is 0.398 e. The van der Waals surface area contributed by atoms with E-state index in [1.807, 2.05) is 0 Å². The fourth-order valence-corrected chi connectivity index (χ4v) is 2.25. The second kappa shape index (κ2) is 7.34. The number of hydrogen-bond acceptors (Lipinski definition) is 3. The van der Waals surface area contributed by atoms with Crippen LogP contribution in [0.25, 0.3) is 0 Å². The Morgan fingerprint density at radius 3 is 2.50 bits per heavy atom. The molecule has 0 atom stereocenters. The van der Waals surface area contributed by atoms with Gasteiger partial charge in [0.05, 0.1) is 6.61 Å². The third-order valence-electron chi connectivity index (χ3n) is 3.33. The summed E-state index contributed by atoms with van der Waals surface area (Å²) < 4.78 is 13.0. The Bertz CT molecular complexity index is 367. The normalized spacial score (nSPS) is 11.4. The van der Waals surface area contributed by atoms with Gasteiger partial charge in [-0.05, 0) is 30.5 Å². The first-order chi connectivity index (χ1) is 8.62. The highest BCUT2D eigenvalue weighted by Gasteiger charge is 2.16. The fourth-order valence-electron chi connectivity index (χ4n) is 2.25. The van der Waals surface area contributed by atoms with Gasteiger partial charge in [-0.25, -0.2) is 4.39 Å². The zero-order chi connectivity index (χ0) is 13.5. The summed E-state index contributed by atoms with van der Waals surface area (Å²) in [6.45, 7) is 5.65. The molecule has 18 heavy (non-hydrogen) atoms. The molecular weight excluding hydrogens is 231 g/mol. The number of aliphatic hydroxyl groups is 1. The highest BCUT2D eigenvalue weighted by Crippen LogP contribution is 2.18. The summed E-state index contributed by atoms with van der Waals surface area (Å²) in [6, 6.07) is 4.91. The van der Waals surface area contributed by atoms with Gasteiger partial charge in [-0.1, -0.05) is 19.9 Å². The molecule has 0 spiro atoms. The quantitative estimate of drug-likeness (QED) is 0.735. The number of anilines is 1. The van der Waals surface area contributed by atoms with E-state index in [4.69, 9.17) is 10.8 Å². The molecule has 0 saturated heterocycles. The van der Waals surface area contributed by atoms with Gasteiger partial charge in [0.25, 0.3) is 0 Å². The molecule has 1 aromatic carbocycles. The third-order valence-corrected chi connectivity index (χ3v) is 3.33. The van der Waals surface area contributed by atoms with Crippen LogP contribution in [0, 0.1) is 5.82 Å². The maximum absolute atomic E-state index is 13.0. The Morgan fingerprint density at radius 2 is 2.00 bits per heavy atom. The molecule has 0 heterocycles. The summed E-state index contributed by atoms with van der Waals surface area (Å²) >= 11 is 0. The highest BCUT2D eigenvalue weighted by atomic mass is 19.1. The lowest BCUT2D eigenvalue weighted by atomic mass is 10.1. The van der Waals surface area contributed by atoms with Crippen LogP contribution in [-0.2, 0) is 6.54 Å². The smallest absolute Gasteiger partial charge is 0.125 e. The minimum atomic E-state index is -0.313. The minimum Gasteiger partial charge on any atom is -0.398 e. The van der Waals surface area contributed by atoms with Crippen LogP contribution >= 0.6 is 0 Å². The molecule has 0 radical (unpaired) electrons. The fraction of sp³-hybridized carbons (Fsp3) is 0.571. The van der Waals surface area contributed by atoms with Crippen LogP contribution in [0.3, 0.4) is 0 Å². The molecule has 0 fully saturated rings. The third kappa shape index (κ3) is 3.96. The number of nitrogens with zero attached hydrogens (tertiary/aromatic N) is 1. The van der Waals surface area contributed by atoms with Gasteiger partial charge in [-0.2, -0.15) is 0 Å². The molecule has 3 N–H and O–H groups in total. The number of rotatable bonds is 7. The average Bonchev–Trinajstić information content (AvgIpc) is 2.34. The number of nitrogens with two attached hydrogens (primary N) is 1. The number of hydrogen-bond donors (Lipinski definition) is 2. The van der Waals surface area contributed by atoms with E-state index >= 15 is 0 Å². The molecule has 0 aliphatic heterocycles. The van der Waals surface area contributed by atoms with Crippen molar-refractivity contribution in [3.05, 3.63) is 29.6 Å². The standard InChI is InChI=1S/C14H23FN2O/c1-3-13(4-2)17(7-8-18)10-11-5-6-12(15)9-14(11)16/h5-6,9,13,18H,3-4,7-8,10,16H2,1-2H3. The van der Waals surface area contributed by atoms with Gasteiger partial charge in [0.15, 0.2) is 0 Å². The van der Waals surface area contributed by atoms with Gasteiger partial charge in [0, 0.05) is 24.8 Å². The SMILES string of the molecule is CCC(CC)N(CCO)Cc1ccc(F)cc1N. The second-order valence-electron chi connectivity index (χ2n) is 4.51. The molecule has 102 valence electrons. The molecule has 1 rings (SSSR count). The summed E-state index contributed by atoms with van der Waals surface area (Å²) in [5.74, 6) is -0.313. The van der Waals surface area contributed by atoms with E-state index in [9.17, 15) is 4.39 Å². The summed E-state index contributed by atoms with van der Waals surface area (Å²) in [6.07, 6.45) is 2.05. The van der Waals surface area contributed by atoms with Gasteiger partial charge in [-0.15, -0.1) is 0 Å². The van der Waals surface area contributed by atoms with Gasteiger partial charge < -0.3 is 10.8 Å². The van der Waals surface area contributed by atoms with Crippen LogP contribution in [0.5, 0.6) is 0 Å². The van der Waals surface area contributed by atoms with Crippen molar-refractivity contribution >= 4 is 5.69 Å². The molecule has 0 amide bonds. The number of halogens is 1. The average molecular weight is 254 g/mol. The van der Waals surface area contributed by atoms with Gasteiger partial charge >= 0.3 is 0 Å². The first-order valence-corrected chi connectivity index (χ1v) is 6.51. The Labute approximate surface area is 108 Å². The monoisotopic (exact) mass is 254 g/mol. The molecule has 4 heteroatoms. The molecule has 0 bridgehead atoms. The molecule has 0 aliphatic carbocycles. The van der Waals surface area contributed by atoms with Gasteiger partial charge in [0.1, 0.15) is 5.82 Å². The number of benzene rings is 1. The molecule has 3 nitrogen and oxygen atoms in total. The van der Waals surface area contributed by atoms with Gasteiger partial charge in [-0.3, -0.25) is 4.90 Å². The van der Waals surface area contributed by atoms with Crippen molar-refractivity contribution in [3.8, 4) is 0 Å². The topological polar surface area (TPSA) is 49.5 Å². The van der Waals surface area contributed by atoms with E-state index in [-0.39, 0.29) is 12.4 Å². The zero-order valence-electron chi connectivity index (χ0n) is 11.2. The first kappa shape index (κ1) is 14.9. The lowest BCUT2D eigenvalue weighted by Crippen LogP contribution is -2.36. The maximum Gasteiger partial charge on any atom is 0.125 e. The zero-order valence-corrected chi connectivity index (χ0v) is 11.2. The Morgan fingerprint density at radius 1 is 1.33 bits per heavy atom. The molecule has 0 unspecified atom stereocenters. The number of nitrogen functional groups attached to an aromatic ring is 1. The summed E-state index contributed by atoms with van der Waals surface area (Å²) in [5, 5.41) is 9.14. The maximum atomic E-state index is 13.0. The van der Waals surface area contributed by atoms with E-state index in [0.29, 0.717) is 24.8 Å². The predicted octanol–water partition coefficient (Wildman–Crippen LogP) is 2.39. The second-order valence-corrected chi connectivity index (χ2v) is 4.51. The van der Waals surface area contributed by atoms with Crippen molar-refractivity contribution < 1.29 is 9.50 Å². The Kier molecular flexibility index (Phi) is 6.09. The van der Waals surface area contributed by atoms with Crippen LogP contribution in [0.1, 0.15) is 32.3 Å². The molecule has 0 aliphatic rings. The van der Waals surface area contributed by atoms with Crippen molar-refractivity contribution in [2.75, 3.05) is 18.9 Å².